The summed E-state index contributed by atoms with van der Waals surface area (Å²) < 4.78 is 16.4. The Balaban J connectivity index is 1.67. The number of aromatic nitrogens is 1. The summed E-state index contributed by atoms with van der Waals surface area (Å²) in [5.41, 5.74) is 3.17. The summed E-state index contributed by atoms with van der Waals surface area (Å²) in [6.45, 7) is 4.10. The van der Waals surface area contributed by atoms with Crippen LogP contribution in [0.25, 0.3) is 0 Å². The average Bonchev–Trinajstić information content (AvgIpc) is 3.28. The van der Waals surface area contributed by atoms with Crippen LogP contribution in [0.2, 0.25) is 0 Å². The fourth-order valence-electron chi connectivity index (χ4n) is 4.10. The number of ether oxygens (including phenoxy) is 3. The van der Waals surface area contributed by atoms with E-state index in [0.29, 0.717) is 34.5 Å². The molecule has 1 aromatic carbocycles. The minimum absolute atomic E-state index is 0.100. The molecule has 36 heavy (non-hydrogen) atoms. The van der Waals surface area contributed by atoms with Gasteiger partial charge in [-0.2, -0.15) is 0 Å². The number of nitrogens with zero attached hydrogens (tertiary/aromatic N) is 3. The zero-order valence-electron chi connectivity index (χ0n) is 20.6. The van der Waals surface area contributed by atoms with Gasteiger partial charge in [-0.05, 0) is 43.5 Å². The molecule has 1 N–H and O–H groups in total. The molecule has 0 bridgehead atoms. The normalized spacial score (nSPS) is 16.7. The molecule has 1 amide bonds. The highest BCUT2D eigenvalue weighted by Gasteiger charge is 2.42. The van der Waals surface area contributed by atoms with Crippen molar-refractivity contribution in [3.8, 4) is 11.5 Å². The number of aliphatic imine (C=N–C) groups is 1. The van der Waals surface area contributed by atoms with E-state index in [2.05, 4.69) is 15.3 Å². The minimum atomic E-state index is -0.595. The second kappa shape index (κ2) is 11.3. The number of hydrogen-bond donors (Lipinski definition) is 1. The predicted octanol–water partition coefficient (Wildman–Crippen LogP) is 3.94. The third-order valence-corrected chi connectivity index (χ3v) is 6.65. The van der Waals surface area contributed by atoms with E-state index >= 15 is 0 Å². The molecule has 9 nitrogen and oxygen atoms in total. The van der Waals surface area contributed by atoms with Crippen LogP contribution >= 0.6 is 11.8 Å². The Morgan fingerprint density at radius 1 is 1.17 bits per heavy atom. The number of carbonyl (C=O) groups is 2. The Morgan fingerprint density at radius 2 is 2.00 bits per heavy atom. The number of pyridine rings is 1. The van der Waals surface area contributed by atoms with E-state index in [1.807, 2.05) is 40.6 Å². The Hall–Kier alpha value is -3.79. The van der Waals surface area contributed by atoms with E-state index in [1.165, 1.54) is 11.8 Å². The number of allylic oxidation sites excluding steroid dienone is 1. The van der Waals surface area contributed by atoms with Crippen LogP contribution in [-0.2, 0) is 20.9 Å². The summed E-state index contributed by atoms with van der Waals surface area (Å²) >= 11 is 1.41. The van der Waals surface area contributed by atoms with E-state index in [9.17, 15) is 9.59 Å². The Bertz CT molecular complexity index is 1240. The van der Waals surface area contributed by atoms with Crippen molar-refractivity contribution in [2.75, 3.05) is 20.8 Å². The number of benzene rings is 1. The predicted molar refractivity (Wildman–Crippen MR) is 137 cm³/mol. The van der Waals surface area contributed by atoms with E-state index in [-0.39, 0.29) is 18.9 Å². The van der Waals surface area contributed by atoms with Crippen LogP contribution in [0.5, 0.6) is 11.5 Å². The monoisotopic (exact) mass is 508 g/mol. The minimum Gasteiger partial charge on any atom is -0.497 e. The number of rotatable bonds is 9. The second-order valence-corrected chi connectivity index (χ2v) is 8.83. The van der Waals surface area contributed by atoms with Crippen molar-refractivity contribution in [3.05, 3.63) is 76.2 Å². The van der Waals surface area contributed by atoms with E-state index < -0.39 is 12.0 Å². The standard InChI is InChI=1S/C26H28N4O5S/c1-5-35-25(32)23-16(2)29-26-30(24(23)20-10-9-19(33-3)13-21(20)34-4)18(15-36-26)12-22(31)28-14-17-8-6-7-11-27-17/h6-11,13,15,24H,5,12,14H2,1-4H3,(H,28,31). The van der Waals surface area contributed by atoms with Gasteiger partial charge in [-0.25, -0.2) is 9.79 Å². The number of carbonyl (C=O) groups excluding carboxylic acids is 2. The van der Waals surface area contributed by atoms with Crippen molar-refractivity contribution in [1.29, 1.82) is 0 Å². The number of nitrogens with one attached hydrogen (secondary N) is 1. The molecule has 0 spiro atoms. The lowest BCUT2D eigenvalue weighted by atomic mass is 9.93. The smallest absolute Gasteiger partial charge is 0.338 e. The molecule has 3 heterocycles. The molecular formula is C26H28N4O5S. The van der Waals surface area contributed by atoms with Crippen LogP contribution in [0.1, 0.15) is 37.6 Å². The number of methoxy groups -OCH3 is 2. The van der Waals surface area contributed by atoms with Gasteiger partial charge in [0, 0.05) is 23.5 Å². The molecule has 2 aliphatic rings. The number of thioether (sulfide) groups is 1. The maximum atomic E-state index is 13.1. The highest BCUT2D eigenvalue weighted by Crippen LogP contribution is 2.47. The van der Waals surface area contributed by atoms with E-state index in [0.717, 1.165) is 17.0 Å². The third kappa shape index (κ3) is 5.23. The average molecular weight is 509 g/mol. The van der Waals surface area contributed by atoms with Crippen LogP contribution in [-0.4, -0.2) is 47.8 Å². The fourth-order valence-corrected chi connectivity index (χ4v) is 5.06. The lowest BCUT2D eigenvalue weighted by Gasteiger charge is -2.36. The van der Waals surface area contributed by atoms with Crippen LogP contribution in [0.15, 0.2) is 70.0 Å². The fraction of sp³-hybridized carbons (Fsp3) is 0.308. The summed E-state index contributed by atoms with van der Waals surface area (Å²) in [6, 6.07) is 10.4. The van der Waals surface area contributed by atoms with E-state index in [1.54, 1.807) is 40.3 Å². The summed E-state index contributed by atoms with van der Waals surface area (Å²) in [5, 5.41) is 5.48. The molecule has 1 atom stereocenters. The van der Waals surface area contributed by atoms with Gasteiger partial charge < -0.3 is 24.4 Å². The molecule has 2 aromatic rings. The molecule has 10 heteroatoms. The molecule has 0 saturated heterocycles. The largest absolute Gasteiger partial charge is 0.497 e. The first kappa shape index (κ1) is 25.3. The van der Waals surface area contributed by atoms with Gasteiger partial charge in [0.2, 0.25) is 5.91 Å². The molecule has 1 aromatic heterocycles. The maximum absolute atomic E-state index is 13.1. The highest BCUT2D eigenvalue weighted by molar-refractivity contribution is 8.16. The highest BCUT2D eigenvalue weighted by atomic mass is 32.2. The quantitative estimate of drug-likeness (QED) is 0.508. The zero-order valence-corrected chi connectivity index (χ0v) is 21.4. The molecule has 0 aliphatic carbocycles. The van der Waals surface area contributed by atoms with Crippen LogP contribution in [0.4, 0.5) is 0 Å². The van der Waals surface area contributed by atoms with Crippen molar-refractivity contribution in [1.82, 2.24) is 15.2 Å². The summed E-state index contributed by atoms with van der Waals surface area (Å²) in [4.78, 5) is 36.8. The number of amidine groups is 1. The van der Waals surface area contributed by atoms with E-state index in [4.69, 9.17) is 14.2 Å². The lowest BCUT2D eigenvalue weighted by molar-refractivity contribution is -0.139. The molecule has 2 aliphatic heterocycles. The molecule has 0 saturated carbocycles. The maximum Gasteiger partial charge on any atom is 0.338 e. The first-order chi connectivity index (χ1) is 17.5. The van der Waals surface area contributed by atoms with Gasteiger partial charge in [-0.1, -0.05) is 17.8 Å². The Morgan fingerprint density at radius 3 is 2.69 bits per heavy atom. The van der Waals surface area contributed by atoms with Crippen LogP contribution < -0.4 is 14.8 Å². The topological polar surface area (TPSA) is 102 Å². The molecular weight excluding hydrogens is 480 g/mol. The Kier molecular flexibility index (Phi) is 7.94. The van der Waals surface area contributed by atoms with Gasteiger partial charge in [-0.3, -0.25) is 9.78 Å². The lowest BCUT2D eigenvalue weighted by Crippen LogP contribution is -2.38. The summed E-state index contributed by atoms with van der Waals surface area (Å²) in [7, 11) is 3.15. The third-order valence-electron chi connectivity index (χ3n) is 5.77. The van der Waals surface area contributed by atoms with Gasteiger partial charge in [0.15, 0.2) is 5.17 Å². The van der Waals surface area contributed by atoms with Crippen molar-refractivity contribution < 1.29 is 23.8 Å². The first-order valence-electron chi connectivity index (χ1n) is 11.5. The number of esters is 1. The number of amides is 1. The number of hydrogen-bond acceptors (Lipinski definition) is 9. The molecule has 1 unspecified atom stereocenters. The summed E-state index contributed by atoms with van der Waals surface area (Å²) in [6.07, 6.45) is 1.79. The van der Waals surface area contributed by atoms with Gasteiger partial charge in [0.1, 0.15) is 11.5 Å². The van der Waals surface area contributed by atoms with Crippen molar-refractivity contribution in [2.45, 2.75) is 32.9 Å². The van der Waals surface area contributed by atoms with Gasteiger partial charge >= 0.3 is 5.97 Å². The van der Waals surface area contributed by atoms with Crippen LogP contribution in [0.3, 0.4) is 0 Å². The number of fused-ring (bicyclic) bond motifs is 1. The second-order valence-electron chi connectivity index (χ2n) is 8.00. The molecule has 0 radical (unpaired) electrons. The molecule has 4 rings (SSSR count). The van der Waals surface area contributed by atoms with Gasteiger partial charge in [-0.15, -0.1) is 0 Å². The zero-order chi connectivity index (χ0) is 25.7. The first-order valence-corrected chi connectivity index (χ1v) is 12.3. The van der Waals surface area contributed by atoms with Crippen molar-refractivity contribution in [3.63, 3.8) is 0 Å². The van der Waals surface area contributed by atoms with Crippen molar-refractivity contribution >= 4 is 28.8 Å². The van der Waals surface area contributed by atoms with Crippen LogP contribution in [0, 0.1) is 0 Å². The summed E-state index contributed by atoms with van der Waals surface area (Å²) in [5.74, 6) is 0.542. The van der Waals surface area contributed by atoms with Crippen molar-refractivity contribution in [2.24, 2.45) is 4.99 Å². The Labute approximate surface area is 214 Å². The SMILES string of the molecule is CCOC(=O)C1=C(C)N=C2SC=C(CC(=O)NCc3ccccn3)N2C1c1ccc(OC)cc1OC. The molecule has 188 valence electrons. The molecule has 0 fully saturated rings. The van der Waals surface area contributed by atoms with Gasteiger partial charge in [0.05, 0.1) is 56.8 Å². The van der Waals surface area contributed by atoms with Gasteiger partial charge in [0.25, 0.3) is 0 Å².